The van der Waals surface area contributed by atoms with E-state index < -0.39 is 0 Å². The molecule has 0 radical (unpaired) electrons. The van der Waals surface area contributed by atoms with Gasteiger partial charge in [-0.05, 0) is 63.0 Å². The number of hydrogen-bond donors (Lipinski definition) is 2. The molecule has 2 fully saturated rings. The number of nitrogens with one attached hydrogen (secondary N) is 1. The molecule has 1 aromatic rings. The standard InChI is InChI=1S/C21H35N5/c1-2-26-14-8-11-20(26)16-24-21(22)23-15-18-9-4-5-10-19(18)17-25-12-6-3-7-13-25/h4-5,9-10,20H,2-3,6-8,11-17H2,1H3,(H3,22,23,24). The van der Waals surface area contributed by atoms with E-state index >= 15 is 0 Å². The molecule has 26 heavy (non-hydrogen) atoms. The first-order chi connectivity index (χ1) is 12.8. The van der Waals surface area contributed by atoms with Crippen molar-refractivity contribution in [1.82, 2.24) is 15.1 Å². The molecule has 144 valence electrons. The molecule has 3 rings (SSSR count). The number of benzene rings is 1. The number of nitrogens with two attached hydrogens (primary N) is 1. The van der Waals surface area contributed by atoms with Crippen LogP contribution in [0, 0.1) is 0 Å². The molecular weight excluding hydrogens is 322 g/mol. The lowest BCUT2D eigenvalue weighted by Gasteiger charge is -2.27. The lowest BCUT2D eigenvalue weighted by molar-refractivity contribution is 0.220. The molecule has 0 aliphatic carbocycles. The Morgan fingerprint density at radius 3 is 2.65 bits per heavy atom. The van der Waals surface area contributed by atoms with Crippen molar-refractivity contribution in [3.63, 3.8) is 0 Å². The van der Waals surface area contributed by atoms with E-state index in [1.165, 1.54) is 62.9 Å². The Kier molecular flexibility index (Phi) is 7.32. The number of hydrogen-bond acceptors (Lipinski definition) is 3. The topological polar surface area (TPSA) is 56.9 Å². The Labute approximate surface area is 158 Å². The summed E-state index contributed by atoms with van der Waals surface area (Å²) in [5, 5.41) is 3.34. The van der Waals surface area contributed by atoms with Crippen molar-refractivity contribution in [2.45, 2.75) is 58.2 Å². The minimum Gasteiger partial charge on any atom is -0.370 e. The van der Waals surface area contributed by atoms with Crippen LogP contribution >= 0.6 is 0 Å². The molecule has 0 saturated carbocycles. The number of aliphatic imine (C=N–C) groups is 1. The van der Waals surface area contributed by atoms with Crippen LogP contribution in [0.5, 0.6) is 0 Å². The van der Waals surface area contributed by atoms with Crippen molar-refractivity contribution in [3.05, 3.63) is 35.4 Å². The van der Waals surface area contributed by atoms with Crippen LogP contribution in [0.1, 0.15) is 50.2 Å². The predicted octanol–water partition coefficient (Wildman–Crippen LogP) is 2.56. The Balaban J connectivity index is 1.52. The van der Waals surface area contributed by atoms with Crippen molar-refractivity contribution >= 4 is 5.96 Å². The molecule has 2 heterocycles. The van der Waals surface area contributed by atoms with Crippen molar-refractivity contribution in [2.24, 2.45) is 10.7 Å². The van der Waals surface area contributed by atoms with E-state index in [0.717, 1.165) is 19.6 Å². The SMILES string of the molecule is CCN1CCCC1CNC(N)=NCc1ccccc1CN1CCCCC1. The summed E-state index contributed by atoms with van der Waals surface area (Å²) in [6.45, 7) is 9.59. The fourth-order valence-corrected chi connectivity index (χ4v) is 4.22. The molecule has 0 aromatic heterocycles. The maximum absolute atomic E-state index is 6.13. The van der Waals surface area contributed by atoms with Crippen LogP contribution in [0.4, 0.5) is 0 Å². The fraction of sp³-hybridized carbons (Fsp3) is 0.667. The third kappa shape index (κ3) is 5.45. The first-order valence-corrected chi connectivity index (χ1v) is 10.3. The maximum atomic E-state index is 6.13. The van der Waals surface area contributed by atoms with Crippen LogP contribution in [0.25, 0.3) is 0 Å². The summed E-state index contributed by atoms with van der Waals surface area (Å²) < 4.78 is 0. The van der Waals surface area contributed by atoms with Gasteiger partial charge in [-0.15, -0.1) is 0 Å². The summed E-state index contributed by atoms with van der Waals surface area (Å²) in [7, 11) is 0. The summed E-state index contributed by atoms with van der Waals surface area (Å²) in [5.74, 6) is 0.570. The normalized spacial score (nSPS) is 22.7. The molecule has 0 spiro atoms. The predicted molar refractivity (Wildman–Crippen MR) is 109 cm³/mol. The largest absolute Gasteiger partial charge is 0.370 e. The molecule has 2 aliphatic heterocycles. The minimum absolute atomic E-state index is 0.570. The Morgan fingerprint density at radius 2 is 1.88 bits per heavy atom. The van der Waals surface area contributed by atoms with E-state index in [2.05, 4.69) is 51.3 Å². The summed E-state index contributed by atoms with van der Waals surface area (Å²) in [5.41, 5.74) is 8.81. The van der Waals surface area contributed by atoms with Gasteiger partial charge >= 0.3 is 0 Å². The van der Waals surface area contributed by atoms with Crippen LogP contribution in [-0.2, 0) is 13.1 Å². The van der Waals surface area contributed by atoms with E-state index in [1.54, 1.807) is 0 Å². The summed E-state index contributed by atoms with van der Waals surface area (Å²) in [6.07, 6.45) is 6.58. The van der Waals surface area contributed by atoms with Crippen LogP contribution < -0.4 is 11.1 Å². The van der Waals surface area contributed by atoms with Crippen molar-refractivity contribution in [3.8, 4) is 0 Å². The van der Waals surface area contributed by atoms with Crippen molar-refractivity contribution < 1.29 is 0 Å². The lowest BCUT2D eigenvalue weighted by Crippen LogP contribution is -2.42. The minimum atomic E-state index is 0.570. The van der Waals surface area contributed by atoms with Gasteiger partial charge < -0.3 is 11.1 Å². The van der Waals surface area contributed by atoms with Gasteiger partial charge in [-0.1, -0.05) is 37.6 Å². The van der Waals surface area contributed by atoms with Crippen LogP contribution in [0.15, 0.2) is 29.3 Å². The van der Waals surface area contributed by atoms with Crippen molar-refractivity contribution in [1.29, 1.82) is 0 Å². The van der Waals surface area contributed by atoms with Crippen LogP contribution in [0.3, 0.4) is 0 Å². The summed E-state index contributed by atoms with van der Waals surface area (Å²) >= 11 is 0. The highest BCUT2D eigenvalue weighted by Gasteiger charge is 2.22. The number of piperidine rings is 1. The van der Waals surface area contributed by atoms with Crippen molar-refractivity contribution in [2.75, 3.05) is 32.7 Å². The van der Waals surface area contributed by atoms with Crippen LogP contribution in [0.2, 0.25) is 0 Å². The molecule has 1 atom stereocenters. The fourth-order valence-electron chi connectivity index (χ4n) is 4.22. The zero-order valence-electron chi connectivity index (χ0n) is 16.3. The quantitative estimate of drug-likeness (QED) is 0.582. The second kappa shape index (κ2) is 9.93. The second-order valence-corrected chi connectivity index (χ2v) is 7.61. The van der Waals surface area contributed by atoms with E-state index in [-0.39, 0.29) is 0 Å². The van der Waals surface area contributed by atoms with E-state index in [4.69, 9.17) is 5.73 Å². The maximum Gasteiger partial charge on any atom is 0.188 e. The van der Waals surface area contributed by atoms with Gasteiger partial charge in [0, 0.05) is 19.1 Å². The first kappa shape index (κ1) is 19.2. The average Bonchev–Trinajstić information content (AvgIpc) is 3.14. The smallest absolute Gasteiger partial charge is 0.188 e. The Morgan fingerprint density at radius 1 is 1.12 bits per heavy atom. The molecule has 3 N–H and O–H groups in total. The molecule has 0 bridgehead atoms. The van der Waals surface area contributed by atoms with Gasteiger partial charge in [-0.3, -0.25) is 9.80 Å². The van der Waals surface area contributed by atoms with E-state index in [0.29, 0.717) is 18.5 Å². The molecule has 5 nitrogen and oxygen atoms in total. The first-order valence-electron chi connectivity index (χ1n) is 10.3. The third-order valence-corrected chi connectivity index (χ3v) is 5.80. The van der Waals surface area contributed by atoms with E-state index in [1.807, 2.05) is 0 Å². The zero-order valence-corrected chi connectivity index (χ0v) is 16.3. The molecular formula is C21H35N5. The number of guanidine groups is 1. The highest BCUT2D eigenvalue weighted by Crippen LogP contribution is 2.17. The molecule has 2 aliphatic rings. The Bertz CT molecular complexity index is 580. The van der Waals surface area contributed by atoms with Gasteiger partial charge in [0.2, 0.25) is 0 Å². The van der Waals surface area contributed by atoms with Gasteiger partial charge in [0.1, 0.15) is 0 Å². The average molecular weight is 358 g/mol. The number of rotatable bonds is 7. The number of nitrogens with zero attached hydrogens (tertiary/aromatic N) is 3. The lowest BCUT2D eigenvalue weighted by atomic mass is 10.1. The monoisotopic (exact) mass is 357 g/mol. The van der Waals surface area contributed by atoms with Crippen LogP contribution in [-0.4, -0.2) is 54.5 Å². The third-order valence-electron chi connectivity index (χ3n) is 5.80. The van der Waals surface area contributed by atoms with Gasteiger partial charge in [0.15, 0.2) is 5.96 Å². The number of likely N-dealkylation sites (N-methyl/N-ethyl adjacent to an activating group) is 1. The van der Waals surface area contributed by atoms with Gasteiger partial charge in [0.25, 0.3) is 0 Å². The molecule has 1 unspecified atom stereocenters. The molecule has 2 saturated heterocycles. The van der Waals surface area contributed by atoms with Gasteiger partial charge in [-0.2, -0.15) is 0 Å². The van der Waals surface area contributed by atoms with Gasteiger partial charge in [-0.25, -0.2) is 4.99 Å². The number of likely N-dealkylation sites (tertiary alicyclic amines) is 2. The molecule has 0 amide bonds. The molecule has 5 heteroatoms. The summed E-state index contributed by atoms with van der Waals surface area (Å²) in [4.78, 5) is 9.69. The summed E-state index contributed by atoms with van der Waals surface area (Å²) in [6, 6.07) is 9.26. The molecule has 1 aromatic carbocycles. The zero-order chi connectivity index (χ0) is 18.2. The second-order valence-electron chi connectivity index (χ2n) is 7.61. The highest BCUT2D eigenvalue weighted by atomic mass is 15.2. The highest BCUT2D eigenvalue weighted by molar-refractivity contribution is 5.77. The van der Waals surface area contributed by atoms with E-state index in [9.17, 15) is 0 Å². The Hall–Kier alpha value is -1.59. The van der Waals surface area contributed by atoms with Gasteiger partial charge in [0.05, 0.1) is 6.54 Å².